The van der Waals surface area contributed by atoms with Gasteiger partial charge in [-0.3, -0.25) is 0 Å². The predicted octanol–water partition coefficient (Wildman–Crippen LogP) is 2.40. The average Bonchev–Trinajstić information content (AvgIpc) is 2.20. The van der Waals surface area contributed by atoms with Gasteiger partial charge in [-0.2, -0.15) is 0 Å². The molecule has 0 aliphatic carbocycles. The molecule has 16 heavy (non-hydrogen) atoms. The zero-order valence-corrected chi connectivity index (χ0v) is 10.4. The molecule has 0 amide bonds. The van der Waals surface area contributed by atoms with Crippen molar-refractivity contribution in [2.75, 3.05) is 24.2 Å². The van der Waals surface area contributed by atoms with Crippen LogP contribution >= 0.6 is 0 Å². The largest absolute Gasteiger partial charge is 0.398 e. The molecule has 1 aromatic carbocycles. The second-order valence-corrected chi connectivity index (χ2v) is 5.06. The lowest BCUT2D eigenvalue weighted by molar-refractivity contribution is 0.220. The Labute approximate surface area is 97.7 Å². The summed E-state index contributed by atoms with van der Waals surface area (Å²) in [4.78, 5) is 0. The van der Waals surface area contributed by atoms with Gasteiger partial charge in [-0.05, 0) is 36.5 Å². The van der Waals surface area contributed by atoms with E-state index < -0.39 is 0 Å². The summed E-state index contributed by atoms with van der Waals surface area (Å²) in [6.07, 6.45) is 0.793. The van der Waals surface area contributed by atoms with Gasteiger partial charge < -0.3 is 16.2 Å². The van der Waals surface area contributed by atoms with Crippen molar-refractivity contribution in [3.8, 4) is 0 Å². The highest BCUT2D eigenvalue weighted by molar-refractivity contribution is 5.58. The number of benzene rings is 1. The first-order chi connectivity index (χ1) is 7.44. The molecule has 90 valence electrons. The molecule has 0 radical (unpaired) electrons. The maximum atomic E-state index is 8.93. The third-order valence-corrected chi connectivity index (χ3v) is 2.84. The van der Waals surface area contributed by atoms with E-state index in [1.165, 1.54) is 0 Å². The standard InChI is InChI=1S/C13H22N2O/c1-10-4-5-11(8-12(10)14)15-9-13(2,3)6-7-16/h4-5,8,15-16H,6-7,9,14H2,1-3H3. The molecule has 0 aliphatic rings. The van der Waals surface area contributed by atoms with Crippen molar-refractivity contribution in [1.29, 1.82) is 0 Å². The Morgan fingerprint density at radius 1 is 1.38 bits per heavy atom. The normalized spacial score (nSPS) is 11.5. The molecule has 0 heterocycles. The third-order valence-electron chi connectivity index (χ3n) is 2.84. The number of nitrogens with two attached hydrogens (primary N) is 1. The molecule has 0 unspecified atom stereocenters. The number of nitrogens with one attached hydrogen (secondary N) is 1. The van der Waals surface area contributed by atoms with Gasteiger partial charge in [0, 0.05) is 24.5 Å². The Bertz CT molecular complexity index is 348. The Morgan fingerprint density at radius 2 is 2.06 bits per heavy atom. The van der Waals surface area contributed by atoms with E-state index in [-0.39, 0.29) is 12.0 Å². The molecule has 0 saturated carbocycles. The van der Waals surface area contributed by atoms with Crippen LogP contribution in [0.3, 0.4) is 0 Å². The molecule has 4 N–H and O–H groups in total. The zero-order chi connectivity index (χ0) is 12.2. The minimum absolute atomic E-state index is 0.0917. The first kappa shape index (κ1) is 12.8. The summed E-state index contributed by atoms with van der Waals surface area (Å²) in [5.74, 6) is 0. The molecule has 0 atom stereocenters. The Kier molecular flexibility index (Phi) is 4.19. The van der Waals surface area contributed by atoms with Gasteiger partial charge in [-0.1, -0.05) is 19.9 Å². The summed E-state index contributed by atoms with van der Waals surface area (Å²) < 4.78 is 0. The molecule has 0 spiro atoms. The molecule has 3 heteroatoms. The first-order valence-corrected chi connectivity index (χ1v) is 5.65. The molecule has 1 aromatic rings. The fourth-order valence-electron chi connectivity index (χ4n) is 1.48. The molecule has 0 fully saturated rings. The van der Waals surface area contributed by atoms with Crippen LogP contribution in [0.4, 0.5) is 11.4 Å². The van der Waals surface area contributed by atoms with E-state index in [1.54, 1.807) is 0 Å². The summed E-state index contributed by atoms with van der Waals surface area (Å²) >= 11 is 0. The lowest BCUT2D eigenvalue weighted by Crippen LogP contribution is -2.24. The van der Waals surface area contributed by atoms with Crippen molar-refractivity contribution >= 4 is 11.4 Å². The molecule has 0 bridgehead atoms. The Balaban J connectivity index is 2.57. The lowest BCUT2D eigenvalue weighted by Gasteiger charge is -2.24. The SMILES string of the molecule is Cc1ccc(NCC(C)(C)CCO)cc1N. The van der Waals surface area contributed by atoms with Gasteiger partial charge in [0.05, 0.1) is 0 Å². The third kappa shape index (κ3) is 3.74. The van der Waals surface area contributed by atoms with E-state index in [0.29, 0.717) is 0 Å². The van der Waals surface area contributed by atoms with E-state index in [2.05, 4.69) is 19.2 Å². The maximum absolute atomic E-state index is 8.93. The highest BCUT2D eigenvalue weighted by atomic mass is 16.3. The van der Waals surface area contributed by atoms with Crippen LogP contribution in [0.2, 0.25) is 0 Å². The van der Waals surface area contributed by atoms with Crippen molar-refractivity contribution in [2.45, 2.75) is 27.2 Å². The van der Waals surface area contributed by atoms with Gasteiger partial charge in [0.25, 0.3) is 0 Å². The predicted molar refractivity (Wildman–Crippen MR) is 69.6 cm³/mol. The van der Waals surface area contributed by atoms with Crippen LogP contribution in [-0.2, 0) is 0 Å². The van der Waals surface area contributed by atoms with Crippen molar-refractivity contribution in [1.82, 2.24) is 0 Å². The minimum atomic E-state index is 0.0917. The van der Waals surface area contributed by atoms with Gasteiger partial charge in [0.1, 0.15) is 0 Å². The van der Waals surface area contributed by atoms with E-state index in [0.717, 1.165) is 29.9 Å². The van der Waals surface area contributed by atoms with Gasteiger partial charge in [-0.15, -0.1) is 0 Å². The summed E-state index contributed by atoms with van der Waals surface area (Å²) in [6, 6.07) is 5.99. The molecular formula is C13H22N2O. The van der Waals surface area contributed by atoms with Crippen molar-refractivity contribution < 1.29 is 5.11 Å². The quantitative estimate of drug-likeness (QED) is 0.670. The lowest BCUT2D eigenvalue weighted by atomic mass is 9.89. The van der Waals surface area contributed by atoms with Crippen LogP contribution in [0.25, 0.3) is 0 Å². The van der Waals surface area contributed by atoms with Crippen LogP contribution < -0.4 is 11.1 Å². The molecule has 3 nitrogen and oxygen atoms in total. The first-order valence-electron chi connectivity index (χ1n) is 5.65. The van der Waals surface area contributed by atoms with Gasteiger partial charge in [-0.25, -0.2) is 0 Å². The van der Waals surface area contributed by atoms with Crippen LogP contribution in [0, 0.1) is 12.3 Å². The van der Waals surface area contributed by atoms with Crippen LogP contribution in [0.5, 0.6) is 0 Å². The summed E-state index contributed by atoms with van der Waals surface area (Å²) in [6.45, 7) is 7.32. The summed E-state index contributed by atoms with van der Waals surface area (Å²) in [5, 5.41) is 12.3. The number of rotatable bonds is 5. The molecule has 0 saturated heterocycles. The monoisotopic (exact) mass is 222 g/mol. The van der Waals surface area contributed by atoms with Crippen LogP contribution in [-0.4, -0.2) is 18.3 Å². The smallest absolute Gasteiger partial charge is 0.0436 e. The molecule has 0 aliphatic heterocycles. The van der Waals surface area contributed by atoms with E-state index in [4.69, 9.17) is 10.8 Å². The number of aliphatic hydroxyl groups is 1. The van der Waals surface area contributed by atoms with Crippen LogP contribution in [0.1, 0.15) is 25.8 Å². The highest BCUT2D eigenvalue weighted by Gasteiger charge is 2.16. The number of hydrogen-bond donors (Lipinski definition) is 3. The number of anilines is 2. The fourth-order valence-corrected chi connectivity index (χ4v) is 1.48. The van der Waals surface area contributed by atoms with Gasteiger partial charge in [0.15, 0.2) is 0 Å². The van der Waals surface area contributed by atoms with Crippen molar-refractivity contribution in [2.24, 2.45) is 5.41 Å². The zero-order valence-electron chi connectivity index (χ0n) is 10.4. The summed E-state index contributed by atoms with van der Waals surface area (Å²) in [7, 11) is 0. The Hall–Kier alpha value is -1.22. The minimum Gasteiger partial charge on any atom is -0.398 e. The second-order valence-electron chi connectivity index (χ2n) is 5.06. The maximum Gasteiger partial charge on any atom is 0.0436 e. The van der Waals surface area contributed by atoms with Gasteiger partial charge >= 0.3 is 0 Å². The highest BCUT2D eigenvalue weighted by Crippen LogP contribution is 2.22. The molecule has 0 aromatic heterocycles. The molecular weight excluding hydrogens is 200 g/mol. The fraction of sp³-hybridized carbons (Fsp3) is 0.538. The summed E-state index contributed by atoms with van der Waals surface area (Å²) in [5.41, 5.74) is 8.87. The van der Waals surface area contributed by atoms with Crippen molar-refractivity contribution in [3.63, 3.8) is 0 Å². The number of aliphatic hydroxyl groups excluding tert-OH is 1. The van der Waals surface area contributed by atoms with E-state index in [9.17, 15) is 0 Å². The number of aryl methyl sites for hydroxylation is 1. The average molecular weight is 222 g/mol. The van der Waals surface area contributed by atoms with Gasteiger partial charge in [0.2, 0.25) is 0 Å². The number of nitrogen functional groups attached to an aromatic ring is 1. The topological polar surface area (TPSA) is 58.3 Å². The van der Waals surface area contributed by atoms with E-state index in [1.807, 2.05) is 25.1 Å². The number of hydrogen-bond acceptors (Lipinski definition) is 3. The van der Waals surface area contributed by atoms with E-state index >= 15 is 0 Å². The van der Waals surface area contributed by atoms with Crippen LogP contribution in [0.15, 0.2) is 18.2 Å². The second kappa shape index (κ2) is 5.21. The Morgan fingerprint density at radius 3 is 2.62 bits per heavy atom. The molecule has 1 rings (SSSR count). The van der Waals surface area contributed by atoms with Crippen molar-refractivity contribution in [3.05, 3.63) is 23.8 Å².